The fraction of sp³-hybridized carbons (Fsp3) is 0.115. The molecule has 0 saturated carbocycles. The van der Waals surface area contributed by atoms with Gasteiger partial charge < -0.3 is 14.8 Å². The molecule has 0 bridgehead atoms. The fourth-order valence-corrected chi connectivity index (χ4v) is 2.97. The molecule has 3 rings (SSSR count). The molecule has 6 heteroatoms. The van der Waals surface area contributed by atoms with Crippen LogP contribution in [-0.4, -0.2) is 18.5 Å². The Kier molecular flexibility index (Phi) is 7.77. The molecule has 1 amide bonds. The Morgan fingerprint density at radius 2 is 1.59 bits per heavy atom. The van der Waals surface area contributed by atoms with Gasteiger partial charge in [-0.2, -0.15) is 5.26 Å². The largest absolute Gasteiger partial charge is 0.492 e. The Bertz CT molecular complexity index is 1140. The number of ether oxygens (including phenoxy) is 2. The Morgan fingerprint density at radius 1 is 0.969 bits per heavy atom. The van der Waals surface area contributed by atoms with Gasteiger partial charge in [0.25, 0.3) is 5.91 Å². The average Bonchev–Trinajstić information content (AvgIpc) is 2.83. The Balaban J connectivity index is 1.87. The number of carbonyl (C=O) groups excluding carboxylic acids is 2. The van der Waals surface area contributed by atoms with Crippen molar-refractivity contribution in [2.24, 2.45) is 0 Å². The van der Waals surface area contributed by atoms with Gasteiger partial charge in [0.1, 0.15) is 17.4 Å². The van der Waals surface area contributed by atoms with Crippen LogP contribution in [0.5, 0.6) is 5.75 Å². The maximum Gasteiger partial charge on any atom is 0.350 e. The molecule has 1 unspecified atom stereocenters. The normalized spacial score (nSPS) is 11.7. The number of hydrogen-bond donors (Lipinski definition) is 1. The molecule has 32 heavy (non-hydrogen) atoms. The third-order valence-corrected chi connectivity index (χ3v) is 4.46. The minimum absolute atomic E-state index is 0.209. The number of amides is 1. The van der Waals surface area contributed by atoms with Crippen LogP contribution in [0, 0.1) is 11.3 Å². The molecule has 3 aromatic carbocycles. The lowest BCUT2D eigenvalue weighted by molar-refractivity contribution is -0.150. The van der Waals surface area contributed by atoms with Crippen molar-refractivity contribution < 1.29 is 19.1 Å². The van der Waals surface area contributed by atoms with Crippen molar-refractivity contribution in [3.8, 4) is 11.8 Å². The van der Waals surface area contributed by atoms with Crippen LogP contribution < -0.4 is 10.1 Å². The van der Waals surface area contributed by atoms with Crippen molar-refractivity contribution in [2.45, 2.75) is 13.0 Å². The number of hydrogen-bond acceptors (Lipinski definition) is 5. The van der Waals surface area contributed by atoms with Crippen LogP contribution in [-0.2, 0) is 14.3 Å². The second-order valence-corrected chi connectivity index (χ2v) is 6.69. The van der Waals surface area contributed by atoms with Crippen molar-refractivity contribution in [2.75, 3.05) is 11.9 Å². The van der Waals surface area contributed by atoms with E-state index in [1.165, 1.54) is 6.08 Å². The number of benzene rings is 3. The van der Waals surface area contributed by atoms with Crippen molar-refractivity contribution in [1.82, 2.24) is 0 Å². The summed E-state index contributed by atoms with van der Waals surface area (Å²) in [5.74, 6) is -0.949. The highest BCUT2D eigenvalue weighted by Gasteiger charge is 2.27. The Hall–Kier alpha value is -4.37. The van der Waals surface area contributed by atoms with E-state index in [-0.39, 0.29) is 5.57 Å². The summed E-state index contributed by atoms with van der Waals surface area (Å²) in [5.41, 5.74) is 1.40. The molecular formula is C26H22N2O4. The zero-order chi connectivity index (χ0) is 22.8. The molecule has 3 aromatic rings. The molecule has 0 aliphatic rings. The standard InChI is InChI=1S/C26H22N2O4/c1-2-31-23-16-10-9-15-22(23)28-25(29)24(20-13-7-4-8-14-20)32-26(30)21(18-27)17-19-11-5-3-6-12-19/h3-17,24H,2H2,1H3,(H,28,29)/b21-17-. The molecule has 1 N–H and O–H groups in total. The lowest BCUT2D eigenvalue weighted by Crippen LogP contribution is -2.26. The minimum Gasteiger partial charge on any atom is -0.492 e. The molecule has 0 aliphatic carbocycles. The second kappa shape index (κ2) is 11.1. The zero-order valence-electron chi connectivity index (χ0n) is 17.5. The van der Waals surface area contributed by atoms with Crippen molar-refractivity contribution in [1.29, 1.82) is 5.26 Å². The van der Waals surface area contributed by atoms with E-state index in [9.17, 15) is 14.9 Å². The van der Waals surface area contributed by atoms with E-state index in [1.54, 1.807) is 78.9 Å². The molecule has 0 heterocycles. The number of anilines is 1. The van der Waals surface area contributed by atoms with Crippen molar-refractivity contribution in [3.63, 3.8) is 0 Å². The Morgan fingerprint density at radius 3 is 2.25 bits per heavy atom. The minimum atomic E-state index is -1.26. The molecular weight excluding hydrogens is 404 g/mol. The predicted molar refractivity (Wildman–Crippen MR) is 122 cm³/mol. The molecule has 0 aliphatic heterocycles. The van der Waals surface area contributed by atoms with Crippen LogP contribution in [0.25, 0.3) is 6.08 Å². The van der Waals surface area contributed by atoms with Gasteiger partial charge in [0.2, 0.25) is 6.10 Å². The van der Waals surface area contributed by atoms with Gasteiger partial charge in [0.15, 0.2) is 0 Å². The SMILES string of the molecule is CCOc1ccccc1NC(=O)C(OC(=O)/C(C#N)=C\c1ccccc1)c1ccccc1. The third kappa shape index (κ3) is 5.83. The summed E-state index contributed by atoms with van der Waals surface area (Å²) in [5, 5.41) is 12.2. The van der Waals surface area contributed by atoms with Gasteiger partial charge in [-0.05, 0) is 30.7 Å². The Labute approximate surface area is 186 Å². The highest BCUT2D eigenvalue weighted by atomic mass is 16.5. The third-order valence-electron chi connectivity index (χ3n) is 4.46. The number of carbonyl (C=O) groups is 2. The summed E-state index contributed by atoms with van der Waals surface area (Å²) in [4.78, 5) is 25.9. The van der Waals surface area contributed by atoms with E-state index in [0.717, 1.165) is 0 Å². The highest BCUT2D eigenvalue weighted by Crippen LogP contribution is 2.27. The number of nitrogens with one attached hydrogen (secondary N) is 1. The summed E-state index contributed by atoms with van der Waals surface area (Å²) in [6, 6.07) is 26.4. The van der Waals surface area contributed by atoms with E-state index in [4.69, 9.17) is 9.47 Å². The van der Waals surface area contributed by atoms with Gasteiger partial charge in [0, 0.05) is 5.56 Å². The zero-order valence-corrected chi connectivity index (χ0v) is 17.5. The van der Waals surface area contributed by atoms with E-state index < -0.39 is 18.0 Å². The predicted octanol–water partition coefficient (Wildman–Crippen LogP) is 4.92. The molecule has 6 nitrogen and oxygen atoms in total. The maximum atomic E-state index is 13.1. The van der Waals surface area contributed by atoms with E-state index in [0.29, 0.717) is 29.2 Å². The molecule has 0 fully saturated rings. The number of nitrogens with zero attached hydrogens (tertiary/aromatic N) is 1. The van der Waals surface area contributed by atoms with Gasteiger partial charge >= 0.3 is 5.97 Å². The first-order valence-electron chi connectivity index (χ1n) is 10.1. The molecule has 0 saturated heterocycles. The van der Waals surface area contributed by atoms with Crippen LogP contribution >= 0.6 is 0 Å². The van der Waals surface area contributed by atoms with Gasteiger partial charge in [-0.25, -0.2) is 4.79 Å². The average molecular weight is 426 g/mol. The first-order valence-corrected chi connectivity index (χ1v) is 10.1. The molecule has 160 valence electrons. The van der Waals surface area contributed by atoms with E-state index >= 15 is 0 Å². The van der Waals surface area contributed by atoms with Crippen molar-refractivity contribution >= 4 is 23.6 Å². The lowest BCUT2D eigenvalue weighted by Gasteiger charge is -2.19. The molecule has 0 spiro atoms. The molecule has 1 atom stereocenters. The fourth-order valence-electron chi connectivity index (χ4n) is 2.97. The van der Waals surface area contributed by atoms with Crippen LogP contribution in [0.2, 0.25) is 0 Å². The lowest BCUT2D eigenvalue weighted by atomic mass is 10.1. The maximum absolute atomic E-state index is 13.1. The molecule has 0 aromatic heterocycles. The van der Waals surface area contributed by atoms with Gasteiger partial charge in [0.05, 0.1) is 12.3 Å². The van der Waals surface area contributed by atoms with Crippen molar-refractivity contribution in [3.05, 3.63) is 102 Å². The quantitative estimate of drug-likeness (QED) is 0.314. The summed E-state index contributed by atoms with van der Waals surface area (Å²) in [6.45, 7) is 2.27. The second-order valence-electron chi connectivity index (χ2n) is 6.69. The summed E-state index contributed by atoms with van der Waals surface area (Å²) >= 11 is 0. The van der Waals surface area contributed by atoms with Gasteiger partial charge in [-0.1, -0.05) is 72.8 Å². The number of nitriles is 1. The van der Waals surface area contributed by atoms with Gasteiger partial charge in [-0.15, -0.1) is 0 Å². The highest BCUT2D eigenvalue weighted by molar-refractivity contribution is 6.01. The number of esters is 1. The smallest absolute Gasteiger partial charge is 0.350 e. The first-order chi connectivity index (χ1) is 15.6. The van der Waals surface area contributed by atoms with Gasteiger partial charge in [-0.3, -0.25) is 4.79 Å². The summed E-state index contributed by atoms with van der Waals surface area (Å²) in [7, 11) is 0. The van der Waals surface area contributed by atoms with E-state index in [2.05, 4.69) is 5.32 Å². The van der Waals surface area contributed by atoms with E-state index in [1.807, 2.05) is 19.1 Å². The first kappa shape index (κ1) is 22.3. The van der Waals surface area contributed by atoms with Crippen LogP contribution in [0.4, 0.5) is 5.69 Å². The summed E-state index contributed by atoms with van der Waals surface area (Å²) < 4.78 is 11.1. The van der Waals surface area contributed by atoms with Crippen LogP contribution in [0.15, 0.2) is 90.5 Å². The number of para-hydroxylation sites is 2. The number of rotatable bonds is 8. The van der Waals surface area contributed by atoms with Crippen LogP contribution in [0.3, 0.4) is 0 Å². The van der Waals surface area contributed by atoms with Crippen LogP contribution in [0.1, 0.15) is 24.2 Å². The summed E-state index contributed by atoms with van der Waals surface area (Å²) in [6.07, 6.45) is 0.165. The molecule has 0 radical (unpaired) electrons. The monoisotopic (exact) mass is 426 g/mol. The topological polar surface area (TPSA) is 88.4 Å².